The first kappa shape index (κ1) is 12.0. The Morgan fingerprint density at radius 1 is 1.41 bits per heavy atom. The molecule has 0 spiro atoms. The topological polar surface area (TPSA) is 79.9 Å². The van der Waals surface area contributed by atoms with Gasteiger partial charge < -0.3 is 10.1 Å². The number of carbonyl (C=O) groups is 1. The second-order valence-electron chi connectivity index (χ2n) is 4.18. The van der Waals surface area contributed by atoms with Gasteiger partial charge in [0.25, 0.3) is 0 Å². The molecular weight excluding hydrogens is 220 g/mol. The summed E-state index contributed by atoms with van der Waals surface area (Å²) in [5.41, 5.74) is 0.987. The standard InChI is InChI=1S/C11H18N4O2/c1-3-7-5-6-8(12-7)9-10(14-15-13-9)11(16)17-4-2/h7-8,12H,3-6H2,1-2H3,(H,13,14,15). The Balaban J connectivity index is 2.11. The van der Waals surface area contributed by atoms with Gasteiger partial charge in [0, 0.05) is 6.04 Å². The third kappa shape index (κ3) is 2.46. The molecule has 2 unspecified atom stereocenters. The quantitative estimate of drug-likeness (QED) is 0.770. The van der Waals surface area contributed by atoms with E-state index in [0.29, 0.717) is 24.0 Å². The summed E-state index contributed by atoms with van der Waals surface area (Å²) in [5, 5.41) is 13.9. The van der Waals surface area contributed by atoms with Crippen LogP contribution in [0.1, 0.15) is 55.3 Å². The van der Waals surface area contributed by atoms with Gasteiger partial charge >= 0.3 is 5.97 Å². The molecule has 0 bridgehead atoms. The lowest BCUT2D eigenvalue weighted by molar-refractivity contribution is 0.0517. The Labute approximate surface area is 100 Å². The number of aromatic amines is 1. The summed E-state index contributed by atoms with van der Waals surface area (Å²) in [6, 6.07) is 0.616. The number of ether oxygens (including phenoxy) is 1. The molecule has 0 amide bonds. The van der Waals surface area contributed by atoms with Crippen LogP contribution in [-0.2, 0) is 4.74 Å². The van der Waals surface area contributed by atoms with E-state index in [1.54, 1.807) is 6.92 Å². The zero-order valence-electron chi connectivity index (χ0n) is 10.2. The molecule has 2 heterocycles. The Morgan fingerprint density at radius 3 is 2.88 bits per heavy atom. The van der Waals surface area contributed by atoms with E-state index in [4.69, 9.17) is 4.74 Å². The summed E-state index contributed by atoms with van der Waals surface area (Å²) >= 11 is 0. The van der Waals surface area contributed by atoms with Crippen molar-refractivity contribution in [3.8, 4) is 0 Å². The first-order chi connectivity index (χ1) is 8.26. The van der Waals surface area contributed by atoms with Crippen molar-refractivity contribution in [2.75, 3.05) is 6.61 Å². The van der Waals surface area contributed by atoms with Crippen molar-refractivity contribution in [3.63, 3.8) is 0 Å². The van der Waals surface area contributed by atoms with E-state index >= 15 is 0 Å². The molecule has 0 saturated carbocycles. The molecule has 6 heteroatoms. The van der Waals surface area contributed by atoms with Crippen molar-refractivity contribution in [2.24, 2.45) is 0 Å². The Kier molecular flexibility index (Phi) is 3.73. The van der Waals surface area contributed by atoms with Gasteiger partial charge in [-0.1, -0.05) is 6.92 Å². The van der Waals surface area contributed by atoms with Crippen LogP contribution in [0.4, 0.5) is 0 Å². The van der Waals surface area contributed by atoms with Gasteiger partial charge in [-0.25, -0.2) is 4.79 Å². The molecule has 1 aromatic heterocycles. The second-order valence-corrected chi connectivity index (χ2v) is 4.18. The predicted octanol–water partition coefficient (Wildman–Crippen LogP) is 1.18. The third-order valence-corrected chi connectivity index (χ3v) is 3.11. The van der Waals surface area contributed by atoms with E-state index in [1.165, 1.54) is 0 Å². The summed E-state index contributed by atoms with van der Waals surface area (Å²) in [6.07, 6.45) is 3.18. The lowest BCUT2D eigenvalue weighted by atomic mass is 10.1. The van der Waals surface area contributed by atoms with Crippen LogP contribution >= 0.6 is 0 Å². The molecule has 2 N–H and O–H groups in total. The average Bonchev–Trinajstić information content (AvgIpc) is 2.97. The fourth-order valence-electron chi connectivity index (χ4n) is 2.19. The lowest BCUT2D eigenvalue weighted by Gasteiger charge is -2.11. The molecule has 1 aromatic rings. The molecule has 1 aliphatic rings. The first-order valence-corrected chi connectivity index (χ1v) is 6.10. The molecule has 6 nitrogen and oxygen atoms in total. The number of nitrogens with zero attached hydrogens (tertiary/aromatic N) is 2. The highest BCUT2D eigenvalue weighted by Gasteiger charge is 2.30. The van der Waals surface area contributed by atoms with Crippen LogP contribution < -0.4 is 5.32 Å². The average molecular weight is 238 g/mol. The zero-order valence-corrected chi connectivity index (χ0v) is 10.2. The van der Waals surface area contributed by atoms with E-state index in [-0.39, 0.29) is 6.04 Å². The number of carbonyl (C=O) groups excluding carboxylic acids is 1. The van der Waals surface area contributed by atoms with Crippen LogP contribution in [0.25, 0.3) is 0 Å². The van der Waals surface area contributed by atoms with Crippen LogP contribution in [0.15, 0.2) is 0 Å². The number of rotatable bonds is 4. The molecule has 2 rings (SSSR count). The first-order valence-electron chi connectivity index (χ1n) is 6.10. The highest BCUT2D eigenvalue weighted by atomic mass is 16.5. The maximum Gasteiger partial charge on any atom is 0.360 e. The Bertz CT molecular complexity index is 391. The van der Waals surface area contributed by atoms with Gasteiger partial charge in [0.2, 0.25) is 0 Å². The van der Waals surface area contributed by atoms with Crippen LogP contribution in [0, 0.1) is 0 Å². The minimum atomic E-state index is -0.405. The number of H-pyrrole nitrogens is 1. The molecule has 0 radical (unpaired) electrons. The van der Waals surface area contributed by atoms with Gasteiger partial charge in [-0.05, 0) is 26.2 Å². The molecule has 1 fully saturated rings. The highest BCUT2D eigenvalue weighted by Crippen LogP contribution is 2.27. The van der Waals surface area contributed by atoms with Crippen LogP contribution in [0.3, 0.4) is 0 Å². The summed E-state index contributed by atoms with van der Waals surface area (Å²) in [4.78, 5) is 11.7. The summed E-state index contributed by atoms with van der Waals surface area (Å²) < 4.78 is 4.95. The Morgan fingerprint density at radius 2 is 2.24 bits per heavy atom. The van der Waals surface area contributed by atoms with Crippen LogP contribution in [-0.4, -0.2) is 34.0 Å². The number of hydrogen-bond acceptors (Lipinski definition) is 5. The molecule has 0 aliphatic carbocycles. The van der Waals surface area contributed by atoms with Crippen molar-refractivity contribution in [2.45, 2.75) is 45.2 Å². The zero-order chi connectivity index (χ0) is 12.3. The maximum absolute atomic E-state index is 11.7. The predicted molar refractivity (Wildman–Crippen MR) is 61.5 cm³/mol. The molecule has 0 aromatic carbocycles. The Hall–Kier alpha value is -1.43. The van der Waals surface area contributed by atoms with Gasteiger partial charge in [0.15, 0.2) is 5.69 Å². The van der Waals surface area contributed by atoms with Crippen molar-refractivity contribution in [3.05, 3.63) is 11.4 Å². The van der Waals surface area contributed by atoms with Crippen molar-refractivity contribution < 1.29 is 9.53 Å². The van der Waals surface area contributed by atoms with Crippen molar-refractivity contribution >= 4 is 5.97 Å². The second kappa shape index (κ2) is 5.27. The number of aromatic nitrogens is 3. The molecule has 94 valence electrons. The van der Waals surface area contributed by atoms with Gasteiger partial charge in [0.1, 0.15) is 5.69 Å². The lowest BCUT2D eigenvalue weighted by Crippen LogP contribution is -2.24. The van der Waals surface area contributed by atoms with Crippen molar-refractivity contribution in [1.29, 1.82) is 0 Å². The van der Waals surface area contributed by atoms with Gasteiger partial charge in [-0.15, -0.1) is 5.10 Å². The molecule has 1 aliphatic heterocycles. The van der Waals surface area contributed by atoms with E-state index in [0.717, 1.165) is 19.3 Å². The van der Waals surface area contributed by atoms with E-state index in [9.17, 15) is 4.79 Å². The summed E-state index contributed by atoms with van der Waals surface area (Å²) in [7, 11) is 0. The number of nitrogens with one attached hydrogen (secondary N) is 2. The van der Waals surface area contributed by atoms with Gasteiger partial charge in [-0.2, -0.15) is 10.3 Å². The molecular formula is C11H18N4O2. The van der Waals surface area contributed by atoms with E-state index < -0.39 is 5.97 Å². The fraction of sp³-hybridized carbons (Fsp3) is 0.727. The highest BCUT2D eigenvalue weighted by molar-refractivity contribution is 5.88. The minimum Gasteiger partial charge on any atom is -0.461 e. The smallest absolute Gasteiger partial charge is 0.360 e. The van der Waals surface area contributed by atoms with E-state index in [1.807, 2.05) is 0 Å². The number of hydrogen-bond donors (Lipinski definition) is 2. The summed E-state index contributed by atoms with van der Waals surface area (Å²) in [5.74, 6) is -0.405. The molecule has 1 saturated heterocycles. The van der Waals surface area contributed by atoms with Gasteiger partial charge in [-0.3, -0.25) is 0 Å². The number of esters is 1. The third-order valence-electron chi connectivity index (χ3n) is 3.11. The fourth-order valence-corrected chi connectivity index (χ4v) is 2.19. The van der Waals surface area contributed by atoms with Gasteiger partial charge in [0.05, 0.1) is 12.6 Å². The van der Waals surface area contributed by atoms with Crippen LogP contribution in [0.5, 0.6) is 0 Å². The summed E-state index contributed by atoms with van der Waals surface area (Å²) in [6.45, 7) is 4.27. The van der Waals surface area contributed by atoms with Crippen molar-refractivity contribution in [1.82, 2.24) is 20.7 Å². The largest absolute Gasteiger partial charge is 0.461 e. The SMILES string of the molecule is CCOC(=O)c1n[nH]nc1C1CCC(CC)N1. The molecule has 17 heavy (non-hydrogen) atoms. The monoisotopic (exact) mass is 238 g/mol. The maximum atomic E-state index is 11.7. The minimum absolute atomic E-state index is 0.109. The van der Waals surface area contributed by atoms with Crippen LogP contribution in [0.2, 0.25) is 0 Å². The van der Waals surface area contributed by atoms with E-state index in [2.05, 4.69) is 27.7 Å². The normalized spacial score (nSPS) is 23.9. The molecule has 2 atom stereocenters.